The third-order valence-corrected chi connectivity index (χ3v) is 5.14. The molecule has 1 N–H and O–H groups in total. The maximum absolute atomic E-state index is 6.08. The maximum Gasteiger partial charge on any atom is 0.209 e. The van der Waals surface area contributed by atoms with Crippen LogP contribution in [0.2, 0.25) is 0 Å². The van der Waals surface area contributed by atoms with E-state index in [2.05, 4.69) is 46.4 Å². The van der Waals surface area contributed by atoms with E-state index in [4.69, 9.17) is 9.15 Å². The van der Waals surface area contributed by atoms with Gasteiger partial charge in [0.15, 0.2) is 5.76 Å². The number of aromatic nitrogens is 1. The van der Waals surface area contributed by atoms with E-state index in [1.165, 1.54) is 11.1 Å². The summed E-state index contributed by atoms with van der Waals surface area (Å²) in [5, 5.41) is 3.49. The largest absolute Gasteiger partial charge is 0.497 e. The molecule has 0 amide bonds. The standard InChI is InChI=1S/C22H25N3O2/c1-16-6-3-4-9-19(16)21-14-24-22(27-21)15-25-11-10-23-13-20(25)17-7-5-8-18(12-17)26-2/h3-9,12,14,20,23H,10-11,13,15H2,1-2H3. The van der Waals surface area contributed by atoms with Gasteiger partial charge in [0.25, 0.3) is 0 Å². The number of ether oxygens (including phenoxy) is 1. The predicted molar refractivity (Wildman–Crippen MR) is 106 cm³/mol. The molecule has 5 heteroatoms. The van der Waals surface area contributed by atoms with Crippen molar-refractivity contribution in [2.45, 2.75) is 19.5 Å². The SMILES string of the molecule is COc1cccc(C2CNCCN2Cc2ncc(-c3ccccc3C)o2)c1. The lowest BCUT2D eigenvalue weighted by molar-refractivity contribution is 0.140. The average Bonchev–Trinajstić information content (AvgIpc) is 3.17. The molecule has 1 unspecified atom stereocenters. The molecule has 0 saturated carbocycles. The van der Waals surface area contributed by atoms with Crippen LogP contribution in [0.15, 0.2) is 59.1 Å². The Bertz CT molecular complexity index is 906. The molecule has 1 aliphatic rings. The Kier molecular flexibility index (Phi) is 5.23. The van der Waals surface area contributed by atoms with E-state index in [1.807, 2.05) is 30.5 Å². The fourth-order valence-electron chi connectivity index (χ4n) is 3.64. The van der Waals surface area contributed by atoms with Gasteiger partial charge in [0.2, 0.25) is 5.89 Å². The van der Waals surface area contributed by atoms with Crippen LogP contribution in [0.4, 0.5) is 0 Å². The van der Waals surface area contributed by atoms with Crippen molar-refractivity contribution in [3.63, 3.8) is 0 Å². The summed E-state index contributed by atoms with van der Waals surface area (Å²) in [7, 11) is 1.70. The lowest BCUT2D eigenvalue weighted by Gasteiger charge is -2.35. The van der Waals surface area contributed by atoms with Crippen molar-refractivity contribution in [1.29, 1.82) is 0 Å². The Balaban J connectivity index is 1.54. The third-order valence-electron chi connectivity index (χ3n) is 5.14. The fourth-order valence-corrected chi connectivity index (χ4v) is 3.64. The molecule has 0 aliphatic carbocycles. The fraction of sp³-hybridized carbons (Fsp3) is 0.318. The molecule has 1 saturated heterocycles. The van der Waals surface area contributed by atoms with Gasteiger partial charge < -0.3 is 14.5 Å². The molecule has 1 fully saturated rings. The minimum Gasteiger partial charge on any atom is -0.497 e. The van der Waals surface area contributed by atoms with Gasteiger partial charge >= 0.3 is 0 Å². The Morgan fingerprint density at radius 1 is 1.22 bits per heavy atom. The van der Waals surface area contributed by atoms with Crippen LogP contribution in [0, 0.1) is 6.92 Å². The minimum atomic E-state index is 0.266. The molecular weight excluding hydrogens is 338 g/mol. The number of nitrogens with one attached hydrogen (secondary N) is 1. The maximum atomic E-state index is 6.08. The smallest absolute Gasteiger partial charge is 0.209 e. The summed E-state index contributed by atoms with van der Waals surface area (Å²) < 4.78 is 11.5. The molecule has 0 spiro atoms. The van der Waals surface area contributed by atoms with Gasteiger partial charge in [-0.25, -0.2) is 4.98 Å². The lowest BCUT2D eigenvalue weighted by Crippen LogP contribution is -2.45. The van der Waals surface area contributed by atoms with E-state index in [0.29, 0.717) is 6.54 Å². The van der Waals surface area contributed by atoms with E-state index < -0.39 is 0 Å². The Labute approximate surface area is 160 Å². The van der Waals surface area contributed by atoms with Crippen molar-refractivity contribution < 1.29 is 9.15 Å². The van der Waals surface area contributed by atoms with Gasteiger partial charge in [-0.15, -0.1) is 0 Å². The number of nitrogens with zero attached hydrogens (tertiary/aromatic N) is 2. The average molecular weight is 363 g/mol. The van der Waals surface area contributed by atoms with Crippen LogP contribution in [-0.2, 0) is 6.54 Å². The van der Waals surface area contributed by atoms with Crippen molar-refractivity contribution in [2.24, 2.45) is 0 Å². The number of rotatable bonds is 5. The molecule has 140 valence electrons. The normalized spacial score (nSPS) is 17.8. The van der Waals surface area contributed by atoms with Crippen molar-refractivity contribution in [1.82, 2.24) is 15.2 Å². The first-order valence-electron chi connectivity index (χ1n) is 9.34. The molecule has 2 heterocycles. The summed E-state index contributed by atoms with van der Waals surface area (Å²) in [4.78, 5) is 6.95. The zero-order valence-electron chi connectivity index (χ0n) is 15.8. The number of aryl methyl sites for hydroxylation is 1. The second-order valence-corrected chi connectivity index (χ2v) is 6.90. The van der Waals surface area contributed by atoms with Crippen LogP contribution in [-0.4, -0.2) is 36.6 Å². The molecule has 1 aliphatic heterocycles. The molecule has 0 bridgehead atoms. The van der Waals surface area contributed by atoms with Crippen LogP contribution in [0.5, 0.6) is 5.75 Å². The lowest BCUT2D eigenvalue weighted by atomic mass is 10.0. The van der Waals surface area contributed by atoms with Gasteiger partial charge in [-0.05, 0) is 30.2 Å². The van der Waals surface area contributed by atoms with Gasteiger partial charge in [-0.3, -0.25) is 4.90 Å². The highest BCUT2D eigenvalue weighted by molar-refractivity contribution is 5.60. The Morgan fingerprint density at radius 2 is 2.11 bits per heavy atom. The molecule has 1 aromatic heterocycles. The quantitative estimate of drug-likeness (QED) is 0.747. The first kappa shape index (κ1) is 17.8. The minimum absolute atomic E-state index is 0.266. The molecule has 27 heavy (non-hydrogen) atoms. The Hall–Kier alpha value is -2.63. The summed E-state index contributed by atoms with van der Waals surface area (Å²) in [6.45, 7) is 5.59. The van der Waals surface area contributed by atoms with E-state index in [-0.39, 0.29) is 6.04 Å². The van der Waals surface area contributed by atoms with Crippen molar-refractivity contribution in [3.8, 4) is 17.1 Å². The molecule has 3 aromatic rings. The molecule has 1 atom stereocenters. The number of benzene rings is 2. The van der Waals surface area contributed by atoms with Gasteiger partial charge in [0, 0.05) is 31.2 Å². The number of hydrogen-bond acceptors (Lipinski definition) is 5. The molecule has 5 nitrogen and oxygen atoms in total. The van der Waals surface area contributed by atoms with Crippen molar-refractivity contribution in [3.05, 3.63) is 71.7 Å². The highest BCUT2D eigenvalue weighted by Crippen LogP contribution is 2.28. The second kappa shape index (κ2) is 7.94. The predicted octanol–water partition coefficient (Wildman–Crippen LogP) is 3.81. The van der Waals surface area contributed by atoms with E-state index in [0.717, 1.165) is 42.6 Å². The van der Waals surface area contributed by atoms with E-state index in [1.54, 1.807) is 7.11 Å². The van der Waals surface area contributed by atoms with Crippen LogP contribution >= 0.6 is 0 Å². The van der Waals surface area contributed by atoms with Crippen LogP contribution < -0.4 is 10.1 Å². The molecule has 2 aromatic carbocycles. The summed E-state index contributed by atoms with van der Waals surface area (Å²) in [6, 6.07) is 16.8. The van der Waals surface area contributed by atoms with Crippen molar-refractivity contribution >= 4 is 0 Å². The van der Waals surface area contributed by atoms with Gasteiger partial charge in [-0.1, -0.05) is 36.4 Å². The number of oxazole rings is 1. The topological polar surface area (TPSA) is 50.5 Å². The number of piperazine rings is 1. The molecule has 4 rings (SSSR count). The second-order valence-electron chi connectivity index (χ2n) is 6.90. The monoisotopic (exact) mass is 363 g/mol. The van der Waals surface area contributed by atoms with E-state index >= 15 is 0 Å². The van der Waals surface area contributed by atoms with E-state index in [9.17, 15) is 0 Å². The molecular formula is C22H25N3O2. The summed E-state index contributed by atoms with van der Waals surface area (Å²) in [5.41, 5.74) is 3.53. The highest BCUT2D eigenvalue weighted by atomic mass is 16.5. The van der Waals surface area contributed by atoms with Crippen LogP contribution in [0.1, 0.15) is 23.1 Å². The first-order chi connectivity index (χ1) is 13.2. The van der Waals surface area contributed by atoms with Gasteiger partial charge in [0.1, 0.15) is 5.75 Å². The van der Waals surface area contributed by atoms with Crippen LogP contribution in [0.3, 0.4) is 0 Å². The third kappa shape index (κ3) is 3.89. The van der Waals surface area contributed by atoms with Crippen LogP contribution in [0.25, 0.3) is 11.3 Å². The number of hydrogen-bond donors (Lipinski definition) is 1. The highest BCUT2D eigenvalue weighted by Gasteiger charge is 2.25. The van der Waals surface area contributed by atoms with Crippen molar-refractivity contribution in [2.75, 3.05) is 26.7 Å². The summed E-state index contributed by atoms with van der Waals surface area (Å²) >= 11 is 0. The van der Waals surface area contributed by atoms with Gasteiger partial charge in [-0.2, -0.15) is 0 Å². The zero-order valence-corrected chi connectivity index (χ0v) is 15.8. The first-order valence-corrected chi connectivity index (χ1v) is 9.34. The summed E-state index contributed by atoms with van der Waals surface area (Å²) in [6.07, 6.45) is 1.83. The Morgan fingerprint density at radius 3 is 2.96 bits per heavy atom. The van der Waals surface area contributed by atoms with Gasteiger partial charge in [0.05, 0.1) is 19.9 Å². The number of methoxy groups -OCH3 is 1. The molecule has 0 radical (unpaired) electrons. The summed E-state index contributed by atoms with van der Waals surface area (Å²) in [5.74, 6) is 2.47. The zero-order chi connectivity index (χ0) is 18.6.